The number of aromatic hydroxyl groups is 1. The number of phenols is 1. The number of fused-ring (bicyclic) bond motifs is 2. The topological polar surface area (TPSA) is 220 Å². The molecule has 0 bridgehead atoms. The molecule has 4 rings (SSSR count). The van der Waals surface area contributed by atoms with E-state index in [4.69, 9.17) is 0 Å². The van der Waals surface area contributed by atoms with Crippen molar-refractivity contribution >= 4 is 69.0 Å². The molecule has 0 spiro atoms. The number of nitrogens with one attached hydrogen (secondary N) is 1. The summed E-state index contributed by atoms with van der Waals surface area (Å²) in [5, 5.41) is 20.7. The number of anilines is 1. The number of azo groups is 1. The molecule has 5 N–H and O–H groups in total. The zero-order valence-electron chi connectivity index (χ0n) is 18.6. The van der Waals surface area contributed by atoms with E-state index >= 15 is 0 Å². The Labute approximate surface area is 210 Å². The van der Waals surface area contributed by atoms with Crippen LogP contribution in [0.4, 0.5) is 17.1 Å². The lowest BCUT2D eigenvalue weighted by molar-refractivity contribution is 0.472. The zero-order chi connectivity index (χ0) is 27.3. The molecule has 0 amide bonds. The lowest BCUT2D eigenvalue weighted by Gasteiger charge is -2.11. The highest BCUT2D eigenvalue weighted by Gasteiger charge is 2.25. The van der Waals surface area contributed by atoms with E-state index in [2.05, 4.69) is 15.5 Å². The Kier molecular flexibility index (Phi) is 6.43. The Balaban J connectivity index is 2.02. The molecular weight excluding hydrogens is 550 g/mol. The number of hydrogen-bond acceptors (Lipinski definition) is 10. The molecule has 0 heterocycles. The van der Waals surface area contributed by atoms with Gasteiger partial charge in [-0.2, -0.15) is 25.3 Å². The molecule has 0 radical (unpaired) electrons. The lowest BCUT2D eigenvalue weighted by atomic mass is 10.1. The van der Waals surface area contributed by atoms with Crippen molar-refractivity contribution in [2.45, 2.75) is 14.7 Å². The van der Waals surface area contributed by atoms with Gasteiger partial charge in [0.15, 0.2) is 5.75 Å². The maximum Gasteiger partial charge on any atom is 0.297 e. The molecule has 0 saturated heterocycles. The molecular formula is C21H17N3O10S3. The van der Waals surface area contributed by atoms with Gasteiger partial charge in [-0.25, -0.2) is 0 Å². The van der Waals surface area contributed by atoms with Crippen LogP contribution in [-0.2, 0) is 30.4 Å². The van der Waals surface area contributed by atoms with Crippen molar-refractivity contribution in [2.75, 3.05) is 12.4 Å². The smallest absolute Gasteiger partial charge is 0.297 e. The number of nitrogens with zero attached hydrogens (tertiary/aromatic N) is 2. The molecule has 4 aromatic carbocycles. The van der Waals surface area contributed by atoms with Crippen LogP contribution in [-0.4, -0.2) is 51.1 Å². The molecule has 4 aromatic rings. The zero-order valence-corrected chi connectivity index (χ0v) is 21.0. The summed E-state index contributed by atoms with van der Waals surface area (Å²) in [6, 6.07) is 10.9. The van der Waals surface area contributed by atoms with Crippen LogP contribution in [0.15, 0.2) is 79.5 Å². The van der Waals surface area contributed by atoms with Crippen molar-refractivity contribution in [2.24, 2.45) is 10.2 Å². The van der Waals surface area contributed by atoms with Crippen LogP contribution in [0.2, 0.25) is 0 Å². The van der Waals surface area contributed by atoms with Gasteiger partial charge in [0.2, 0.25) is 0 Å². The van der Waals surface area contributed by atoms with Crippen LogP contribution in [0.25, 0.3) is 21.5 Å². The highest BCUT2D eigenvalue weighted by molar-refractivity contribution is 7.86. The van der Waals surface area contributed by atoms with Crippen LogP contribution >= 0.6 is 0 Å². The summed E-state index contributed by atoms with van der Waals surface area (Å²) in [6.45, 7) is 0. The van der Waals surface area contributed by atoms with Gasteiger partial charge in [-0.05, 0) is 41.8 Å². The van der Waals surface area contributed by atoms with Gasteiger partial charge in [0.25, 0.3) is 30.4 Å². The minimum atomic E-state index is -5.09. The predicted octanol–water partition coefficient (Wildman–Crippen LogP) is 3.90. The van der Waals surface area contributed by atoms with Crippen LogP contribution < -0.4 is 5.32 Å². The van der Waals surface area contributed by atoms with Gasteiger partial charge >= 0.3 is 0 Å². The molecule has 0 aromatic heterocycles. The normalized spacial score (nSPS) is 13.0. The Morgan fingerprint density at radius 3 is 1.95 bits per heavy atom. The second kappa shape index (κ2) is 9.02. The van der Waals surface area contributed by atoms with E-state index < -0.39 is 62.2 Å². The summed E-state index contributed by atoms with van der Waals surface area (Å²) >= 11 is 0. The molecule has 16 heteroatoms. The van der Waals surface area contributed by atoms with Crippen molar-refractivity contribution in [1.82, 2.24) is 0 Å². The van der Waals surface area contributed by atoms with Gasteiger partial charge < -0.3 is 10.4 Å². The van der Waals surface area contributed by atoms with E-state index in [0.29, 0.717) is 5.69 Å². The minimum Gasteiger partial charge on any atom is -0.505 e. The van der Waals surface area contributed by atoms with E-state index in [1.54, 1.807) is 13.1 Å². The average Bonchev–Trinajstić information content (AvgIpc) is 2.80. The maximum atomic E-state index is 12.2. The van der Waals surface area contributed by atoms with Gasteiger partial charge in [-0.1, -0.05) is 18.2 Å². The summed E-state index contributed by atoms with van der Waals surface area (Å²) in [4.78, 5) is -2.37. The average molecular weight is 568 g/mol. The molecule has 13 nitrogen and oxygen atoms in total. The summed E-state index contributed by atoms with van der Waals surface area (Å²) in [5.74, 6) is -0.695. The molecule has 0 aliphatic rings. The fourth-order valence-corrected chi connectivity index (χ4v) is 5.96. The molecule has 0 aliphatic heterocycles. The highest BCUT2D eigenvalue weighted by atomic mass is 32.2. The maximum absolute atomic E-state index is 12.2. The van der Waals surface area contributed by atoms with Crippen LogP contribution in [0.1, 0.15) is 0 Å². The minimum absolute atomic E-state index is 0.131. The first kappa shape index (κ1) is 26.4. The summed E-state index contributed by atoms with van der Waals surface area (Å²) in [6.07, 6.45) is 0. The first-order valence-electron chi connectivity index (χ1n) is 10.0. The third kappa shape index (κ3) is 4.97. The largest absolute Gasteiger partial charge is 0.505 e. The molecule has 0 saturated carbocycles. The van der Waals surface area contributed by atoms with Crippen molar-refractivity contribution in [3.05, 3.63) is 54.6 Å². The van der Waals surface area contributed by atoms with E-state index in [1.165, 1.54) is 12.1 Å². The van der Waals surface area contributed by atoms with Gasteiger partial charge in [-0.3, -0.25) is 13.7 Å². The Morgan fingerprint density at radius 1 is 0.703 bits per heavy atom. The van der Waals surface area contributed by atoms with Gasteiger partial charge in [-0.15, -0.1) is 10.2 Å². The number of hydrogen-bond donors (Lipinski definition) is 5. The van der Waals surface area contributed by atoms with Gasteiger partial charge in [0, 0.05) is 28.9 Å². The van der Waals surface area contributed by atoms with Crippen molar-refractivity contribution < 1.29 is 44.0 Å². The first-order valence-corrected chi connectivity index (χ1v) is 14.3. The monoisotopic (exact) mass is 567 g/mol. The van der Waals surface area contributed by atoms with Crippen LogP contribution in [0.3, 0.4) is 0 Å². The number of rotatable bonds is 6. The fraction of sp³-hybridized carbons (Fsp3) is 0.0476. The quantitative estimate of drug-likeness (QED) is 0.166. The van der Waals surface area contributed by atoms with E-state index in [-0.39, 0.29) is 21.5 Å². The van der Waals surface area contributed by atoms with Gasteiger partial charge in [0.1, 0.15) is 26.1 Å². The summed E-state index contributed by atoms with van der Waals surface area (Å²) in [5.41, 5.74) is -0.713. The third-order valence-corrected chi connectivity index (χ3v) is 8.09. The second-order valence-electron chi connectivity index (χ2n) is 7.65. The lowest BCUT2D eigenvalue weighted by Crippen LogP contribution is -2.03. The van der Waals surface area contributed by atoms with Crippen LogP contribution in [0.5, 0.6) is 5.75 Å². The highest BCUT2D eigenvalue weighted by Crippen LogP contribution is 2.43. The number of phenolic OH excluding ortho intramolecular Hbond substituents is 1. The predicted molar refractivity (Wildman–Crippen MR) is 133 cm³/mol. The second-order valence-corrected chi connectivity index (χ2v) is 11.8. The molecule has 0 aliphatic carbocycles. The van der Waals surface area contributed by atoms with Crippen molar-refractivity contribution in [3.8, 4) is 5.75 Å². The Morgan fingerprint density at radius 2 is 1.35 bits per heavy atom. The molecule has 0 unspecified atom stereocenters. The van der Waals surface area contributed by atoms with Crippen LogP contribution in [0, 0.1) is 0 Å². The standard InChI is InChI=1S/C21H17N3O10S3/c1-22-12-5-6-13-11(9-12)10-18(36(29,30)31)19(20(13)25)24-23-16-8-7-14-15(21(16)37(32,33)34)3-2-4-17(14)35(26,27)28/h2-10,22,25H,1H3,(H,26,27,28)(H,29,30,31)(H,32,33,34)/b24-23+. The number of benzene rings is 4. The Bertz CT molecular complexity index is 1950. The molecule has 194 valence electrons. The Hall–Kier alpha value is -3.67. The van der Waals surface area contributed by atoms with Crippen molar-refractivity contribution in [1.29, 1.82) is 0 Å². The fourth-order valence-electron chi connectivity index (χ4n) is 3.77. The van der Waals surface area contributed by atoms with E-state index in [9.17, 15) is 44.0 Å². The third-order valence-electron chi connectivity index (χ3n) is 5.36. The summed E-state index contributed by atoms with van der Waals surface area (Å²) < 4.78 is 101. The molecule has 37 heavy (non-hydrogen) atoms. The van der Waals surface area contributed by atoms with Crippen molar-refractivity contribution in [3.63, 3.8) is 0 Å². The summed E-state index contributed by atoms with van der Waals surface area (Å²) in [7, 11) is -13.2. The first-order chi connectivity index (χ1) is 17.1. The SMILES string of the molecule is CNc1ccc2c(O)c(/N=N/c3ccc4c(S(=O)(=O)O)cccc4c3S(=O)(=O)O)c(S(=O)(=O)O)cc2c1. The molecule has 0 atom stereocenters. The van der Waals surface area contributed by atoms with E-state index in [0.717, 1.165) is 36.4 Å². The van der Waals surface area contributed by atoms with Gasteiger partial charge in [0.05, 0.1) is 0 Å². The molecule has 0 fully saturated rings. The van der Waals surface area contributed by atoms with E-state index in [1.807, 2.05) is 0 Å².